The molecular weight excluding hydrogens is 142 g/mol. The predicted molar refractivity (Wildman–Crippen MR) is 41.9 cm³/mol. The number of ether oxygens (including phenoxy) is 1. The molecule has 2 unspecified atom stereocenters. The van der Waals surface area contributed by atoms with Crippen molar-refractivity contribution in [2.24, 2.45) is 11.7 Å². The normalized spacial score (nSPS) is 25.1. The molecule has 2 N–H and O–H groups in total. The molecule has 0 spiro atoms. The van der Waals surface area contributed by atoms with Crippen LogP contribution in [-0.2, 0) is 9.53 Å². The molecule has 0 aliphatic heterocycles. The first-order chi connectivity index (χ1) is 5.25. The Morgan fingerprint density at radius 2 is 2.55 bits per heavy atom. The van der Waals surface area contributed by atoms with Crippen molar-refractivity contribution >= 4 is 5.97 Å². The van der Waals surface area contributed by atoms with Gasteiger partial charge in [0.05, 0.1) is 7.11 Å². The van der Waals surface area contributed by atoms with Gasteiger partial charge < -0.3 is 10.5 Å². The van der Waals surface area contributed by atoms with E-state index in [0.717, 1.165) is 12.8 Å². The highest BCUT2D eigenvalue weighted by Crippen LogP contribution is 2.19. The molecule has 62 valence electrons. The van der Waals surface area contributed by atoms with Gasteiger partial charge in [0.1, 0.15) is 6.04 Å². The number of methoxy groups -OCH3 is 1. The average molecular weight is 155 g/mol. The zero-order valence-corrected chi connectivity index (χ0v) is 6.62. The van der Waals surface area contributed by atoms with E-state index in [1.807, 2.05) is 12.2 Å². The Morgan fingerprint density at radius 3 is 3.00 bits per heavy atom. The summed E-state index contributed by atoms with van der Waals surface area (Å²) in [4.78, 5) is 10.9. The number of carbonyl (C=O) groups is 1. The maximum absolute atomic E-state index is 10.9. The van der Waals surface area contributed by atoms with Crippen LogP contribution in [-0.4, -0.2) is 19.1 Å². The molecule has 1 rings (SSSR count). The Labute approximate surface area is 66.2 Å². The third-order valence-corrected chi connectivity index (χ3v) is 1.98. The van der Waals surface area contributed by atoms with E-state index in [1.165, 1.54) is 7.11 Å². The molecule has 11 heavy (non-hydrogen) atoms. The van der Waals surface area contributed by atoms with Crippen molar-refractivity contribution in [1.82, 2.24) is 0 Å². The molecule has 1 aliphatic rings. The van der Waals surface area contributed by atoms with Crippen molar-refractivity contribution in [2.45, 2.75) is 18.9 Å². The molecule has 0 aromatic carbocycles. The minimum Gasteiger partial charge on any atom is -0.468 e. The largest absolute Gasteiger partial charge is 0.468 e. The van der Waals surface area contributed by atoms with Gasteiger partial charge in [-0.2, -0.15) is 0 Å². The lowest BCUT2D eigenvalue weighted by Gasteiger charge is -2.14. The highest BCUT2D eigenvalue weighted by atomic mass is 16.5. The third-order valence-electron chi connectivity index (χ3n) is 1.98. The lowest BCUT2D eigenvalue weighted by molar-refractivity contribution is -0.143. The summed E-state index contributed by atoms with van der Waals surface area (Å²) < 4.78 is 4.53. The van der Waals surface area contributed by atoms with Crippen LogP contribution < -0.4 is 5.73 Å². The molecule has 0 radical (unpaired) electrons. The van der Waals surface area contributed by atoms with Crippen molar-refractivity contribution in [3.8, 4) is 0 Å². The summed E-state index contributed by atoms with van der Waals surface area (Å²) in [6.45, 7) is 0. The number of esters is 1. The summed E-state index contributed by atoms with van der Waals surface area (Å²) in [5.41, 5.74) is 5.61. The number of rotatable bonds is 2. The van der Waals surface area contributed by atoms with Crippen LogP contribution in [0.2, 0.25) is 0 Å². The van der Waals surface area contributed by atoms with Gasteiger partial charge in [-0.15, -0.1) is 0 Å². The van der Waals surface area contributed by atoms with Crippen LogP contribution in [0.4, 0.5) is 0 Å². The SMILES string of the molecule is COC(=O)C(N)C1C=CCC1. The van der Waals surface area contributed by atoms with E-state index >= 15 is 0 Å². The average Bonchev–Trinajstić information content (AvgIpc) is 2.53. The summed E-state index contributed by atoms with van der Waals surface area (Å²) in [5.74, 6) is -0.135. The summed E-state index contributed by atoms with van der Waals surface area (Å²) in [6.07, 6.45) is 6.03. The molecule has 2 atom stereocenters. The fraction of sp³-hybridized carbons (Fsp3) is 0.625. The molecule has 3 heteroatoms. The van der Waals surface area contributed by atoms with Gasteiger partial charge in [0.25, 0.3) is 0 Å². The molecule has 0 bridgehead atoms. The summed E-state index contributed by atoms with van der Waals surface area (Å²) in [5, 5.41) is 0. The minimum absolute atomic E-state index is 0.183. The predicted octanol–water partition coefficient (Wildman–Crippen LogP) is 0.453. The Kier molecular flexibility index (Phi) is 2.65. The lowest BCUT2D eigenvalue weighted by atomic mass is 10.0. The highest BCUT2D eigenvalue weighted by molar-refractivity contribution is 5.76. The molecule has 0 amide bonds. The number of allylic oxidation sites excluding steroid dienone is 1. The van der Waals surface area contributed by atoms with Gasteiger partial charge in [-0.1, -0.05) is 12.2 Å². The van der Waals surface area contributed by atoms with Crippen molar-refractivity contribution in [3.05, 3.63) is 12.2 Å². The van der Waals surface area contributed by atoms with Crippen molar-refractivity contribution in [2.75, 3.05) is 7.11 Å². The van der Waals surface area contributed by atoms with E-state index in [-0.39, 0.29) is 11.9 Å². The van der Waals surface area contributed by atoms with Crippen LogP contribution in [0.15, 0.2) is 12.2 Å². The van der Waals surface area contributed by atoms with Crippen LogP contribution in [0.5, 0.6) is 0 Å². The molecule has 0 aromatic rings. The maximum atomic E-state index is 10.9. The zero-order chi connectivity index (χ0) is 8.27. The van der Waals surface area contributed by atoms with Gasteiger partial charge >= 0.3 is 5.97 Å². The Balaban J connectivity index is 2.46. The molecule has 3 nitrogen and oxygen atoms in total. The van der Waals surface area contributed by atoms with Crippen molar-refractivity contribution in [1.29, 1.82) is 0 Å². The Hall–Kier alpha value is -0.830. The zero-order valence-electron chi connectivity index (χ0n) is 6.62. The number of carbonyl (C=O) groups excluding carboxylic acids is 1. The summed E-state index contributed by atoms with van der Waals surface area (Å²) in [6, 6.07) is -0.473. The molecule has 0 fully saturated rings. The first kappa shape index (κ1) is 8.27. The molecule has 1 aliphatic carbocycles. The van der Waals surface area contributed by atoms with E-state index in [2.05, 4.69) is 4.74 Å². The quantitative estimate of drug-likeness (QED) is 0.465. The molecule has 0 heterocycles. The fourth-order valence-electron chi connectivity index (χ4n) is 1.27. The Morgan fingerprint density at radius 1 is 1.82 bits per heavy atom. The summed E-state index contributed by atoms with van der Waals surface area (Å²) >= 11 is 0. The van der Waals surface area contributed by atoms with Gasteiger partial charge in [0.2, 0.25) is 0 Å². The minimum atomic E-state index is -0.473. The highest BCUT2D eigenvalue weighted by Gasteiger charge is 2.24. The molecule has 0 saturated carbocycles. The standard InChI is InChI=1S/C8H13NO2/c1-11-8(10)7(9)6-4-2-3-5-6/h2,4,6-7H,3,5,9H2,1H3. The van der Waals surface area contributed by atoms with E-state index < -0.39 is 6.04 Å². The van der Waals surface area contributed by atoms with Crippen LogP contribution >= 0.6 is 0 Å². The number of nitrogens with two attached hydrogens (primary N) is 1. The smallest absolute Gasteiger partial charge is 0.323 e. The van der Waals surface area contributed by atoms with Crippen molar-refractivity contribution < 1.29 is 9.53 Å². The topological polar surface area (TPSA) is 52.3 Å². The van der Waals surface area contributed by atoms with E-state index in [9.17, 15) is 4.79 Å². The second-order valence-electron chi connectivity index (χ2n) is 2.72. The summed E-state index contributed by atoms with van der Waals surface area (Å²) in [7, 11) is 1.36. The van der Waals surface area contributed by atoms with Gasteiger partial charge in [0.15, 0.2) is 0 Å². The Bertz CT molecular complexity index is 177. The first-order valence-corrected chi connectivity index (χ1v) is 3.76. The van der Waals surface area contributed by atoms with Gasteiger partial charge in [-0.05, 0) is 12.8 Å². The maximum Gasteiger partial charge on any atom is 0.323 e. The van der Waals surface area contributed by atoms with Gasteiger partial charge in [-0.3, -0.25) is 4.79 Å². The molecule has 0 aromatic heterocycles. The van der Waals surface area contributed by atoms with Crippen LogP contribution in [0.3, 0.4) is 0 Å². The molecular formula is C8H13NO2. The first-order valence-electron chi connectivity index (χ1n) is 3.76. The fourth-order valence-corrected chi connectivity index (χ4v) is 1.27. The van der Waals surface area contributed by atoms with Crippen LogP contribution in [0.1, 0.15) is 12.8 Å². The van der Waals surface area contributed by atoms with Crippen molar-refractivity contribution in [3.63, 3.8) is 0 Å². The lowest BCUT2D eigenvalue weighted by Crippen LogP contribution is -2.37. The second kappa shape index (κ2) is 3.53. The van der Waals surface area contributed by atoms with E-state index in [0.29, 0.717) is 0 Å². The van der Waals surface area contributed by atoms with Crippen LogP contribution in [0, 0.1) is 5.92 Å². The number of hydrogen-bond acceptors (Lipinski definition) is 3. The molecule has 0 saturated heterocycles. The number of hydrogen-bond donors (Lipinski definition) is 1. The second-order valence-corrected chi connectivity index (χ2v) is 2.72. The van der Waals surface area contributed by atoms with Gasteiger partial charge in [0, 0.05) is 5.92 Å². The third kappa shape index (κ3) is 1.80. The monoisotopic (exact) mass is 155 g/mol. The van der Waals surface area contributed by atoms with E-state index in [4.69, 9.17) is 5.73 Å². The van der Waals surface area contributed by atoms with E-state index in [1.54, 1.807) is 0 Å². The van der Waals surface area contributed by atoms with Crippen LogP contribution in [0.25, 0.3) is 0 Å². The van der Waals surface area contributed by atoms with Gasteiger partial charge in [-0.25, -0.2) is 0 Å².